The number of hydrogen-bond donors (Lipinski definition) is 1. The summed E-state index contributed by atoms with van der Waals surface area (Å²) in [5.74, 6) is -0.0190. The van der Waals surface area contributed by atoms with Crippen molar-refractivity contribution in [1.29, 1.82) is 0 Å². The molecule has 6 rings (SSSR count). The average Bonchev–Trinajstić information content (AvgIpc) is 3.16. The van der Waals surface area contributed by atoms with E-state index in [9.17, 15) is 14.4 Å². The van der Waals surface area contributed by atoms with Crippen molar-refractivity contribution >= 4 is 17.7 Å². The number of benzene rings is 2. The van der Waals surface area contributed by atoms with Crippen molar-refractivity contribution in [2.45, 2.75) is 75.7 Å². The van der Waals surface area contributed by atoms with Gasteiger partial charge >= 0.3 is 0 Å². The lowest BCUT2D eigenvalue weighted by molar-refractivity contribution is -0.136. The minimum Gasteiger partial charge on any atom is -0.489 e. The fraction of sp³-hybridized carbons (Fsp3) is 0.464. The quantitative estimate of drug-likeness (QED) is 0.672. The van der Waals surface area contributed by atoms with E-state index in [1.807, 2.05) is 18.2 Å². The Hall–Kier alpha value is -3.19. The van der Waals surface area contributed by atoms with Crippen molar-refractivity contribution in [2.24, 2.45) is 0 Å². The van der Waals surface area contributed by atoms with Gasteiger partial charge in [0.05, 0.1) is 0 Å². The van der Waals surface area contributed by atoms with Crippen LogP contribution in [0.5, 0.6) is 5.75 Å². The summed E-state index contributed by atoms with van der Waals surface area (Å²) in [6.45, 7) is 1.47. The molecule has 4 atom stereocenters. The third-order valence-electron chi connectivity index (χ3n) is 8.12. The summed E-state index contributed by atoms with van der Waals surface area (Å²) in [6, 6.07) is 16.7. The lowest BCUT2D eigenvalue weighted by Crippen LogP contribution is -2.55. The van der Waals surface area contributed by atoms with Crippen LogP contribution in [0.25, 0.3) is 0 Å². The molecule has 35 heavy (non-hydrogen) atoms. The third-order valence-corrected chi connectivity index (χ3v) is 8.12. The van der Waals surface area contributed by atoms with E-state index < -0.39 is 6.04 Å². The standard InChI is InChI=1S/C28H31N3O4/c32-26-13-12-24(27(33)29-26)31-17-19-16-20(10-11-21(19)28(31)34)35-25-9-5-4-8-23(25)30-15-14-22(30)18-6-2-1-3-7-18/h1-3,6-7,10-11,16,22-25H,4-5,8-9,12-15,17H2,(H,29,32,33)/t22-,23-,24?,25-/m1/s1. The molecule has 1 unspecified atom stereocenters. The van der Waals surface area contributed by atoms with E-state index >= 15 is 0 Å². The van der Waals surface area contributed by atoms with Crippen LogP contribution in [0.2, 0.25) is 0 Å². The second kappa shape index (κ2) is 9.11. The van der Waals surface area contributed by atoms with Gasteiger partial charge in [-0.1, -0.05) is 36.8 Å². The van der Waals surface area contributed by atoms with Gasteiger partial charge in [-0.3, -0.25) is 24.6 Å². The van der Waals surface area contributed by atoms with Crippen molar-refractivity contribution < 1.29 is 19.1 Å². The van der Waals surface area contributed by atoms with Crippen molar-refractivity contribution in [3.63, 3.8) is 0 Å². The highest BCUT2D eigenvalue weighted by Crippen LogP contribution is 2.40. The highest BCUT2D eigenvalue weighted by molar-refractivity contribution is 6.05. The third kappa shape index (κ3) is 4.12. The molecule has 4 aliphatic rings. The Labute approximate surface area is 205 Å². The average molecular weight is 474 g/mol. The van der Waals surface area contributed by atoms with E-state index in [0.29, 0.717) is 30.6 Å². The zero-order valence-corrected chi connectivity index (χ0v) is 19.8. The van der Waals surface area contributed by atoms with Crippen molar-refractivity contribution in [3.8, 4) is 5.75 Å². The summed E-state index contributed by atoms with van der Waals surface area (Å²) >= 11 is 0. The SMILES string of the molecule is O=C1CCC(N2Cc3cc(O[C@@H]4CCCC[C@H]4N4CC[C@@H]4c4ccccc4)ccc3C2=O)C(=O)N1. The zero-order chi connectivity index (χ0) is 23.9. The monoisotopic (exact) mass is 473 g/mol. The second-order valence-electron chi connectivity index (χ2n) is 10.2. The molecule has 0 radical (unpaired) electrons. The van der Waals surface area contributed by atoms with E-state index in [1.54, 1.807) is 4.90 Å². The van der Waals surface area contributed by atoms with Crippen LogP contribution in [-0.2, 0) is 16.1 Å². The zero-order valence-electron chi connectivity index (χ0n) is 19.8. The molecule has 3 amide bonds. The van der Waals surface area contributed by atoms with Crippen molar-refractivity contribution in [2.75, 3.05) is 6.54 Å². The van der Waals surface area contributed by atoms with Gasteiger partial charge in [-0.05, 0) is 61.4 Å². The van der Waals surface area contributed by atoms with Crippen molar-refractivity contribution in [3.05, 3.63) is 65.2 Å². The number of hydrogen-bond acceptors (Lipinski definition) is 5. The second-order valence-corrected chi connectivity index (χ2v) is 10.2. The van der Waals surface area contributed by atoms with Crippen LogP contribution < -0.4 is 10.1 Å². The maximum Gasteiger partial charge on any atom is 0.255 e. The first-order chi connectivity index (χ1) is 17.1. The van der Waals surface area contributed by atoms with Gasteiger partial charge < -0.3 is 9.64 Å². The molecule has 2 saturated heterocycles. The number of nitrogens with one attached hydrogen (secondary N) is 1. The van der Waals surface area contributed by atoms with Gasteiger partial charge in [-0.2, -0.15) is 0 Å². The first kappa shape index (κ1) is 22.3. The smallest absolute Gasteiger partial charge is 0.255 e. The number of ether oxygens (including phenoxy) is 1. The number of carbonyl (C=O) groups is 3. The highest BCUT2D eigenvalue weighted by atomic mass is 16.5. The molecular weight excluding hydrogens is 442 g/mol. The van der Waals surface area contributed by atoms with Gasteiger partial charge in [-0.15, -0.1) is 0 Å². The highest BCUT2D eigenvalue weighted by Gasteiger charge is 2.42. The van der Waals surface area contributed by atoms with Crippen LogP contribution >= 0.6 is 0 Å². The van der Waals surface area contributed by atoms with E-state index in [-0.39, 0.29) is 30.2 Å². The number of rotatable bonds is 5. The van der Waals surface area contributed by atoms with Gasteiger partial charge in [0.15, 0.2) is 0 Å². The van der Waals surface area contributed by atoms with Crippen LogP contribution in [0.4, 0.5) is 0 Å². The predicted octanol–water partition coefficient (Wildman–Crippen LogP) is 3.58. The molecule has 0 bridgehead atoms. The molecule has 7 heteroatoms. The predicted molar refractivity (Wildman–Crippen MR) is 130 cm³/mol. The van der Waals surface area contributed by atoms with E-state index in [1.165, 1.54) is 18.4 Å². The van der Waals surface area contributed by atoms with Gasteiger partial charge in [0, 0.05) is 37.2 Å². The molecule has 7 nitrogen and oxygen atoms in total. The summed E-state index contributed by atoms with van der Waals surface area (Å²) in [5, 5.41) is 2.36. The van der Waals surface area contributed by atoms with E-state index in [4.69, 9.17) is 4.74 Å². The minimum absolute atomic E-state index is 0.122. The fourth-order valence-electron chi connectivity index (χ4n) is 6.23. The van der Waals surface area contributed by atoms with Gasteiger partial charge in [-0.25, -0.2) is 0 Å². The first-order valence-electron chi connectivity index (χ1n) is 12.8. The molecule has 1 saturated carbocycles. The molecule has 2 aromatic rings. The maximum absolute atomic E-state index is 13.0. The van der Waals surface area contributed by atoms with Gasteiger partial charge in [0.25, 0.3) is 5.91 Å². The molecule has 1 aliphatic carbocycles. The number of imide groups is 1. The van der Waals surface area contributed by atoms with Crippen LogP contribution in [0.3, 0.4) is 0 Å². The summed E-state index contributed by atoms with van der Waals surface area (Å²) in [4.78, 5) is 41.0. The molecule has 182 valence electrons. The Bertz CT molecular complexity index is 1150. The normalized spacial score (nSPS) is 28.9. The molecular formula is C28H31N3O4. The number of likely N-dealkylation sites (tertiary alicyclic amines) is 1. The maximum atomic E-state index is 13.0. The van der Waals surface area contributed by atoms with Gasteiger partial charge in [0.1, 0.15) is 17.9 Å². The summed E-state index contributed by atoms with van der Waals surface area (Å²) in [6.07, 6.45) is 6.49. The van der Waals surface area contributed by atoms with E-state index in [0.717, 1.165) is 37.1 Å². The van der Waals surface area contributed by atoms with Crippen molar-refractivity contribution in [1.82, 2.24) is 15.1 Å². The van der Waals surface area contributed by atoms with E-state index in [2.05, 4.69) is 40.5 Å². The Kier molecular flexibility index (Phi) is 5.80. The first-order valence-corrected chi connectivity index (χ1v) is 12.8. The molecule has 0 spiro atoms. The summed E-state index contributed by atoms with van der Waals surface area (Å²) in [5.41, 5.74) is 2.89. The molecule has 3 heterocycles. The Morgan fingerprint density at radius 2 is 1.71 bits per heavy atom. The number of piperidine rings is 1. The largest absolute Gasteiger partial charge is 0.489 e. The van der Waals surface area contributed by atoms with Crippen LogP contribution in [0.15, 0.2) is 48.5 Å². The summed E-state index contributed by atoms with van der Waals surface area (Å²) in [7, 11) is 0. The number of fused-ring (bicyclic) bond motifs is 1. The lowest BCUT2D eigenvalue weighted by Gasteiger charge is -2.50. The molecule has 3 fully saturated rings. The van der Waals surface area contributed by atoms with Crippen LogP contribution in [-0.4, -0.2) is 52.3 Å². The molecule has 1 N–H and O–H groups in total. The van der Waals surface area contributed by atoms with Gasteiger partial charge in [0.2, 0.25) is 11.8 Å². The van der Waals surface area contributed by atoms with Crippen LogP contribution in [0.1, 0.15) is 72.5 Å². The minimum atomic E-state index is -0.596. The Morgan fingerprint density at radius 3 is 2.49 bits per heavy atom. The Morgan fingerprint density at radius 1 is 0.886 bits per heavy atom. The summed E-state index contributed by atoms with van der Waals surface area (Å²) < 4.78 is 6.59. The number of nitrogens with zero attached hydrogens (tertiary/aromatic N) is 2. The van der Waals surface area contributed by atoms with Crippen LogP contribution in [0, 0.1) is 0 Å². The number of carbonyl (C=O) groups excluding carboxylic acids is 3. The Balaban J connectivity index is 1.17. The fourth-order valence-corrected chi connectivity index (χ4v) is 6.23. The lowest BCUT2D eigenvalue weighted by atomic mass is 9.85. The molecule has 2 aromatic carbocycles. The topological polar surface area (TPSA) is 79.0 Å². The molecule has 3 aliphatic heterocycles. The molecule has 0 aromatic heterocycles. The number of amides is 3.